The highest BCUT2D eigenvalue weighted by Gasteiger charge is 2.43. The van der Waals surface area contributed by atoms with Crippen molar-refractivity contribution in [2.75, 3.05) is 26.7 Å². The van der Waals surface area contributed by atoms with Gasteiger partial charge in [0.15, 0.2) is 0 Å². The standard InChI is InChI=1S/C48H56N8O4/c1-6-49-42(48(4)22-8-7-9-23-48)46(58)56-25-11-13-40(56)44-50-28-37(52-44)32-16-14-31(15-17-32)33-18-19-35-27-36(21-20-34(35)26-33)38-29-51-43(53-38)39-12-10-24-55(39)45(57)41(30(2)3)54-47(59)60-5/h7-9,14-22,26-30,39-42,49H,6,10-13,23-25H2,1-5H3,(H,50,52)(H,51,53)(H,54,59). The minimum Gasteiger partial charge on any atom is -0.453 e. The third-order valence-corrected chi connectivity index (χ3v) is 12.6. The molecular formula is C48H56N8O4. The fraction of sp³-hybridized carbons (Fsp3) is 0.396. The smallest absolute Gasteiger partial charge is 0.407 e. The van der Waals surface area contributed by atoms with E-state index in [9.17, 15) is 14.4 Å². The Hall–Kier alpha value is -6.01. The van der Waals surface area contributed by atoms with Crippen molar-refractivity contribution in [3.8, 4) is 33.6 Å². The summed E-state index contributed by atoms with van der Waals surface area (Å²) in [7, 11) is 1.30. The Morgan fingerprint density at radius 3 is 1.95 bits per heavy atom. The van der Waals surface area contributed by atoms with E-state index in [0.717, 1.165) is 101 Å². The number of nitrogens with zero attached hydrogens (tertiary/aromatic N) is 4. The Morgan fingerprint density at radius 1 is 0.800 bits per heavy atom. The first-order valence-corrected chi connectivity index (χ1v) is 21.3. The Labute approximate surface area is 351 Å². The van der Waals surface area contributed by atoms with E-state index in [-0.39, 0.29) is 41.3 Å². The van der Waals surface area contributed by atoms with E-state index in [1.165, 1.54) is 7.11 Å². The number of amides is 3. The lowest BCUT2D eigenvalue weighted by Gasteiger charge is -2.38. The first kappa shape index (κ1) is 40.8. The van der Waals surface area contributed by atoms with Gasteiger partial charge in [-0.2, -0.15) is 0 Å². The normalized spacial score (nSPS) is 21.2. The molecule has 2 aliphatic heterocycles. The highest BCUT2D eigenvalue weighted by Crippen LogP contribution is 2.38. The van der Waals surface area contributed by atoms with Crippen molar-refractivity contribution in [3.63, 3.8) is 0 Å². The van der Waals surface area contributed by atoms with Crippen LogP contribution in [0.2, 0.25) is 0 Å². The second-order valence-corrected chi connectivity index (χ2v) is 16.9. The number of methoxy groups -OCH3 is 1. The molecule has 312 valence electrons. The molecule has 4 heterocycles. The second-order valence-electron chi connectivity index (χ2n) is 16.9. The Kier molecular flexibility index (Phi) is 11.8. The number of ether oxygens (including phenoxy) is 1. The van der Waals surface area contributed by atoms with Gasteiger partial charge in [0.05, 0.1) is 49.0 Å². The van der Waals surface area contributed by atoms with Gasteiger partial charge in [-0.25, -0.2) is 14.8 Å². The number of likely N-dealkylation sites (N-methyl/N-ethyl adjacent to an activating group) is 1. The summed E-state index contributed by atoms with van der Waals surface area (Å²) >= 11 is 0. The molecule has 12 nitrogen and oxygen atoms in total. The molecule has 5 aromatic rings. The third-order valence-electron chi connectivity index (χ3n) is 12.6. The summed E-state index contributed by atoms with van der Waals surface area (Å²) in [6.07, 6.45) is 15.8. The number of likely N-dealkylation sites (tertiary alicyclic amines) is 2. The zero-order chi connectivity index (χ0) is 42.0. The van der Waals surface area contributed by atoms with Crippen LogP contribution in [-0.4, -0.2) is 86.5 Å². The van der Waals surface area contributed by atoms with E-state index < -0.39 is 12.1 Å². The van der Waals surface area contributed by atoms with E-state index in [2.05, 4.69) is 119 Å². The largest absolute Gasteiger partial charge is 0.453 e. The van der Waals surface area contributed by atoms with Gasteiger partial charge in [0.1, 0.15) is 17.7 Å². The first-order chi connectivity index (χ1) is 29.1. The van der Waals surface area contributed by atoms with Crippen LogP contribution in [0.25, 0.3) is 44.4 Å². The van der Waals surface area contributed by atoms with Crippen LogP contribution in [-0.2, 0) is 14.3 Å². The number of aromatic nitrogens is 4. The van der Waals surface area contributed by atoms with Gasteiger partial charge in [-0.05, 0) is 84.2 Å². The fourth-order valence-corrected chi connectivity index (χ4v) is 9.18. The highest BCUT2D eigenvalue weighted by molar-refractivity contribution is 5.91. The van der Waals surface area contributed by atoms with Crippen molar-refractivity contribution < 1.29 is 19.1 Å². The molecule has 5 atom stereocenters. The minimum absolute atomic E-state index is 0.0824. The van der Waals surface area contributed by atoms with Gasteiger partial charge in [0.2, 0.25) is 11.8 Å². The van der Waals surface area contributed by atoms with Crippen LogP contribution in [0.4, 0.5) is 4.79 Å². The molecule has 60 heavy (non-hydrogen) atoms. The molecular weight excluding hydrogens is 753 g/mol. The molecule has 2 fully saturated rings. The summed E-state index contributed by atoms with van der Waals surface area (Å²) in [6.45, 7) is 10.1. The van der Waals surface area contributed by atoms with E-state index in [0.29, 0.717) is 6.54 Å². The fourth-order valence-electron chi connectivity index (χ4n) is 9.18. The molecule has 0 saturated carbocycles. The maximum absolute atomic E-state index is 14.1. The van der Waals surface area contributed by atoms with Gasteiger partial charge >= 0.3 is 6.09 Å². The SMILES string of the molecule is CCNC(C(=O)N1CCCC1c1ncc(-c2ccc(-c3ccc4cc(-c5cnc(C6CCCN6C(=O)C(NC(=O)OC)C(C)C)[nH]5)ccc4c3)cc2)[nH]1)C1(C)C=CC=CC1. The number of alkyl carbamates (subject to hydrolysis) is 1. The predicted octanol–water partition coefficient (Wildman–Crippen LogP) is 8.50. The average molecular weight is 809 g/mol. The van der Waals surface area contributed by atoms with Gasteiger partial charge < -0.3 is 35.1 Å². The van der Waals surface area contributed by atoms with Crippen LogP contribution in [0.15, 0.2) is 97.4 Å². The molecule has 3 aliphatic rings. The molecule has 8 rings (SSSR count). The number of imidazole rings is 2. The lowest BCUT2D eigenvalue weighted by Crippen LogP contribution is -2.54. The number of H-pyrrole nitrogens is 2. The summed E-state index contributed by atoms with van der Waals surface area (Å²) in [6, 6.07) is 20.2. The van der Waals surface area contributed by atoms with Gasteiger partial charge in [-0.15, -0.1) is 0 Å². The average Bonchev–Trinajstić information content (AvgIpc) is 4.11. The van der Waals surface area contributed by atoms with Crippen molar-refractivity contribution in [2.24, 2.45) is 11.3 Å². The summed E-state index contributed by atoms with van der Waals surface area (Å²) < 4.78 is 4.78. The van der Waals surface area contributed by atoms with Gasteiger partial charge in [0.25, 0.3) is 0 Å². The number of nitrogens with one attached hydrogen (secondary N) is 4. The van der Waals surface area contributed by atoms with Gasteiger partial charge in [0, 0.05) is 24.1 Å². The number of hydrogen-bond acceptors (Lipinski definition) is 7. The van der Waals surface area contributed by atoms with Gasteiger partial charge in [-0.1, -0.05) is 101 Å². The number of carbonyl (C=O) groups excluding carboxylic acids is 3. The number of rotatable bonds is 12. The molecule has 5 unspecified atom stereocenters. The number of allylic oxidation sites excluding steroid dienone is 3. The van der Waals surface area contributed by atoms with Crippen molar-refractivity contribution in [1.82, 2.24) is 40.4 Å². The summed E-state index contributed by atoms with van der Waals surface area (Å²) in [5, 5.41) is 8.45. The van der Waals surface area contributed by atoms with E-state index in [1.54, 1.807) is 0 Å². The summed E-state index contributed by atoms with van der Waals surface area (Å²) in [5.74, 6) is 1.49. The number of hydrogen-bond donors (Lipinski definition) is 4. The van der Waals surface area contributed by atoms with Crippen LogP contribution in [0.3, 0.4) is 0 Å². The Bertz CT molecular complexity index is 2410. The molecule has 1 aliphatic carbocycles. The van der Waals surface area contributed by atoms with Crippen LogP contribution in [0, 0.1) is 11.3 Å². The molecule has 12 heteroatoms. The molecule has 4 N–H and O–H groups in total. The molecule has 0 radical (unpaired) electrons. The van der Waals surface area contributed by atoms with Crippen LogP contribution in [0.1, 0.15) is 83.5 Å². The zero-order valence-electron chi connectivity index (χ0n) is 35.2. The molecule has 3 aromatic carbocycles. The quantitative estimate of drug-likeness (QED) is 0.0988. The monoisotopic (exact) mass is 808 g/mol. The topological polar surface area (TPSA) is 148 Å². The van der Waals surface area contributed by atoms with Crippen molar-refractivity contribution in [2.45, 2.75) is 84.0 Å². The van der Waals surface area contributed by atoms with E-state index >= 15 is 0 Å². The van der Waals surface area contributed by atoms with Crippen LogP contribution in [0.5, 0.6) is 0 Å². The lowest BCUT2D eigenvalue weighted by atomic mass is 9.76. The Balaban J connectivity index is 0.940. The molecule has 2 saturated heterocycles. The number of benzene rings is 3. The second kappa shape index (κ2) is 17.3. The minimum atomic E-state index is -0.680. The van der Waals surface area contributed by atoms with Crippen LogP contribution >= 0.6 is 0 Å². The Morgan fingerprint density at radius 2 is 1.37 bits per heavy atom. The van der Waals surface area contributed by atoms with Crippen molar-refractivity contribution in [1.29, 1.82) is 0 Å². The maximum Gasteiger partial charge on any atom is 0.407 e. The first-order valence-electron chi connectivity index (χ1n) is 21.3. The predicted molar refractivity (Wildman–Crippen MR) is 235 cm³/mol. The number of carbonyl (C=O) groups is 3. The molecule has 0 spiro atoms. The summed E-state index contributed by atoms with van der Waals surface area (Å²) in [4.78, 5) is 60.1. The van der Waals surface area contributed by atoms with Gasteiger partial charge in [-0.3, -0.25) is 9.59 Å². The molecule has 2 aromatic heterocycles. The van der Waals surface area contributed by atoms with E-state index in [4.69, 9.17) is 14.7 Å². The number of aromatic amines is 2. The van der Waals surface area contributed by atoms with Crippen molar-refractivity contribution >= 4 is 28.7 Å². The molecule has 3 amide bonds. The lowest BCUT2D eigenvalue weighted by molar-refractivity contribution is -0.137. The summed E-state index contributed by atoms with van der Waals surface area (Å²) in [5.41, 5.74) is 5.82. The zero-order valence-corrected chi connectivity index (χ0v) is 35.2. The highest BCUT2D eigenvalue weighted by atomic mass is 16.5. The van der Waals surface area contributed by atoms with E-state index in [1.807, 2.05) is 36.0 Å². The maximum atomic E-state index is 14.1. The van der Waals surface area contributed by atoms with Crippen LogP contribution < -0.4 is 10.6 Å². The van der Waals surface area contributed by atoms with Crippen molar-refractivity contribution in [3.05, 3.63) is 109 Å². The molecule has 0 bridgehead atoms. The third kappa shape index (κ3) is 8.12. The number of fused-ring (bicyclic) bond motifs is 1.